The lowest BCUT2D eigenvalue weighted by atomic mass is 10.0. The van der Waals surface area contributed by atoms with Gasteiger partial charge in [-0.15, -0.1) is 0 Å². The van der Waals surface area contributed by atoms with Crippen LogP contribution in [-0.2, 0) is 6.18 Å². The molecular formula is C14H14ClF3N2S. The molecule has 1 aliphatic carbocycles. The Morgan fingerprint density at radius 3 is 2.62 bits per heavy atom. The number of hydrogen-bond donors (Lipinski definition) is 1. The van der Waals surface area contributed by atoms with Crippen LogP contribution in [0.25, 0.3) is 0 Å². The topological polar surface area (TPSA) is 24.4 Å². The predicted octanol–water partition coefficient (Wildman–Crippen LogP) is 5.19. The van der Waals surface area contributed by atoms with Crippen LogP contribution in [0, 0.1) is 0 Å². The second-order valence-corrected chi connectivity index (χ2v) is 6.83. The minimum atomic E-state index is -4.38. The van der Waals surface area contributed by atoms with E-state index in [2.05, 4.69) is 10.3 Å². The summed E-state index contributed by atoms with van der Waals surface area (Å²) in [5.41, 5.74) is -0.470. The van der Waals surface area contributed by atoms with E-state index < -0.39 is 11.7 Å². The Labute approximate surface area is 130 Å². The van der Waals surface area contributed by atoms with Gasteiger partial charge < -0.3 is 5.32 Å². The summed E-state index contributed by atoms with van der Waals surface area (Å²) in [6.07, 6.45) is 0.0740. The van der Waals surface area contributed by atoms with Gasteiger partial charge in [0.2, 0.25) is 0 Å². The lowest BCUT2D eigenvalue weighted by Crippen LogP contribution is -2.21. The Balaban J connectivity index is 1.82. The first kappa shape index (κ1) is 15.0. The summed E-state index contributed by atoms with van der Waals surface area (Å²) < 4.78 is 38.2. The first-order valence-electron chi connectivity index (χ1n) is 6.74. The summed E-state index contributed by atoms with van der Waals surface area (Å²) in [6, 6.07) is 3.28. The maximum Gasteiger partial charge on any atom is 0.416 e. The van der Waals surface area contributed by atoms with E-state index in [9.17, 15) is 13.2 Å². The molecule has 1 N–H and O–H groups in total. The predicted molar refractivity (Wildman–Crippen MR) is 81.2 cm³/mol. The fourth-order valence-electron chi connectivity index (χ4n) is 2.75. The summed E-state index contributed by atoms with van der Waals surface area (Å²) in [6.45, 7) is 0. The van der Waals surface area contributed by atoms with Crippen LogP contribution in [0.1, 0.15) is 31.2 Å². The van der Waals surface area contributed by atoms with Crippen molar-refractivity contribution < 1.29 is 13.2 Å². The standard InChI is InChI=1S/C14H14ClF3N2S/c15-10-4-3-9(14(16,17)18)7-11(10)19-12-20-13(8-21-12)5-1-2-6-13/h3-4,7H,1-2,5-6,8H2,(H,19,20). The monoisotopic (exact) mass is 334 g/mol. The molecule has 1 heterocycles. The van der Waals surface area contributed by atoms with Crippen molar-refractivity contribution in [3.8, 4) is 0 Å². The van der Waals surface area contributed by atoms with Gasteiger partial charge in [0.05, 0.1) is 21.8 Å². The fraction of sp³-hybridized carbons (Fsp3) is 0.500. The molecule has 1 spiro atoms. The maximum absolute atomic E-state index is 12.7. The van der Waals surface area contributed by atoms with Crippen molar-refractivity contribution in [2.45, 2.75) is 37.4 Å². The van der Waals surface area contributed by atoms with Gasteiger partial charge in [-0.3, -0.25) is 4.99 Å². The first-order chi connectivity index (χ1) is 9.88. The molecule has 2 aliphatic rings. The number of benzene rings is 1. The molecule has 7 heteroatoms. The molecule has 2 nitrogen and oxygen atoms in total. The van der Waals surface area contributed by atoms with Gasteiger partial charge in [-0.05, 0) is 31.0 Å². The third kappa shape index (κ3) is 3.16. The van der Waals surface area contributed by atoms with Crippen molar-refractivity contribution >= 4 is 34.2 Å². The number of amidine groups is 1. The smallest absolute Gasteiger partial charge is 0.334 e. The lowest BCUT2D eigenvalue weighted by Gasteiger charge is -2.16. The largest absolute Gasteiger partial charge is 0.416 e. The van der Waals surface area contributed by atoms with Gasteiger partial charge in [0.15, 0.2) is 5.17 Å². The Morgan fingerprint density at radius 2 is 1.95 bits per heavy atom. The van der Waals surface area contributed by atoms with E-state index in [1.807, 2.05) is 0 Å². The Morgan fingerprint density at radius 1 is 1.24 bits per heavy atom. The van der Waals surface area contributed by atoms with E-state index in [-0.39, 0.29) is 16.2 Å². The van der Waals surface area contributed by atoms with Crippen molar-refractivity contribution in [3.05, 3.63) is 28.8 Å². The van der Waals surface area contributed by atoms with Gasteiger partial charge in [0.25, 0.3) is 0 Å². The molecule has 0 amide bonds. The zero-order chi connectivity index (χ0) is 15.1. The highest BCUT2D eigenvalue weighted by molar-refractivity contribution is 8.14. The molecule has 0 bridgehead atoms. The molecule has 0 saturated heterocycles. The average Bonchev–Trinajstić information content (AvgIpc) is 3.02. The molecule has 0 radical (unpaired) electrons. The van der Waals surface area contributed by atoms with E-state index in [1.54, 1.807) is 11.8 Å². The number of thioether (sulfide) groups is 1. The number of rotatable bonds is 1. The lowest BCUT2D eigenvalue weighted by molar-refractivity contribution is -0.137. The van der Waals surface area contributed by atoms with Crippen molar-refractivity contribution in [2.24, 2.45) is 4.99 Å². The average molecular weight is 335 g/mol. The van der Waals surface area contributed by atoms with Crippen molar-refractivity contribution in [1.29, 1.82) is 0 Å². The van der Waals surface area contributed by atoms with Crippen LogP contribution in [-0.4, -0.2) is 16.5 Å². The van der Waals surface area contributed by atoms with Crippen molar-refractivity contribution in [1.82, 2.24) is 0 Å². The second kappa shape index (κ2) is 5.39. The third-order valence-corrected chi connectivity index (χ3v) is 5.36. The highest BCUT2D eigenvalue weighted by Gasteiger charge is 2.38. The number of nitrogens with one attached hydrogen (secondary N) is 1. The van der Waals surface area contributed by atoms with Gasteiger partial charge in [-0.25, -0.2) is 0 Å². The molecule has 0 aromatic heterocycles. The second-order valence-electron chi connectivity index (χ2n) is 5.45. The molecule has 1 saturated carbocycles. The first-order valence-corrected chi connectivity index (χ1v) is 8.11. The number of hydrogen-bond acceptors (Lipinski definition) is 3. The van der Waals surface area contributed by atoms with Gasteiger partial charge in [0, 0.05) is 5.75 Å². The molecule has 1 aliphatic heterocycles. The van der Waals surface area contributed by atoms with Gasteiger partial charge in [-0.1, -0.05) is 36.2 Å². The van der Waals surface area contributed by atoms with Crippen molar-refractivity contribution in [2.75, 3.05) is 11.1 Å². The SMILES string of the molecule is FC(F)(F)c1ccc(Cl)c(NC2=NC3(CCCC3)CS2)c1. The third-order valence-electron chi connectivity index (χ3n) is 3.89. The van der Waals surface area contributed by atoms with Gasteiger partial charge in [0.1, 0.15) is 0 Å². The minimum Gasteiger partial charge on any atom is -0.334 e. The van der Waals surface area contributed by atoms with Crippen LogP contribution in [0.2, 0.25) is 5.02 Å². The van der Waals surface area contributed by atoms with Crippen LogP contribution >= 0.6 is 23.4 Å². The Kier molecular flexibility index (Phi) is 3.86. The van der Waals surface area contributed by atoms with E-state index >= 15 is 0 Å². The molecule has 1 aromatic carbocycles. The summed E-state index contributed by atoms with van der Waals surface area (Å²) in [7, 11) is 0. The number of anilines is 1. The maximum atomic E-state index is 12.7. The summed E-state index contributed by atoms with van der Waals surface area (Å²) >= 11 is 7.54. The van der Waals surface area contributed by atoms with Crippen LogP contribution in [0.15, 0.2) is 23.2 Å². The van der Waals surface area contributed by atoms with E-state index in [4.69, 9.17) is 11.6 Å². The molecule has 0 unspecified atom stereocenters. The molecule has 1 fully saturated rings. The number of nitrogens with zero attached hydrogens (tertiary/aromatic N) is 1. The van der Waals surface area contributed by atoms with Crippen LogP contribution < -0.4 is 5.32 Å². The molecule has 3 rings (SSSR count). The summed E-state index contributed by atoms with van der Waals surface area (Å²) in [5, 5.41) is 3.88. The number of halogens is 4. The van der Waals surface area contributed by atoms with Crippen LogP contribution in [0.3, 0.4) is 0 Å². The molecule has 1 aromatic rings. The highest BCUT2D eigenvalue weighted by Crippen LogP contribution is 2.42. The molecule has 0 atom stereocenters. The van der Waals surface area contributed by atoms with E-state index in [1.165, 1.54) is 18.9 Å². The van der Waals surface area contributed by atoms with E-state index in [0.717, 1.165) is 30.7 Å². The zero-order valence-electron chi connectivity index (χ0n) is 11.1. The summed E-state index contributed by atoms with van der Waals surface area (Å²) in [4.78, 5) is 4.68. The fourth-order valence-corrected chi connectivity index (χ4v) is 4.11. The minimum absolute atomic E-state index is 0.0128. The highest BCUT2D eigenvalue weighted by atomic mass is 35.5. The number of aliphatic imine (C=N–C) groups is 1. The molecule has 21 heavy (non-hydrogen) atoms. The van der Waals surface area contributed by atoms with Crippen LogP contribution in [0.4, 0.5) is 18.9 Å². The molecule has 114 valence electrons. The van der Waals surface area contributed by atoms with Crippen LogP contribution in [0.5, 0.6) is 0 Å². The van der Waals surface area contributed by atoms with Gasteiger partial charge in [-0.2, -0.15) is 13.2 Å². The Hall–Kier alpha value is -0.880. The van der Waals surface area contributed by atoms with Crippen molar-refractivity contribution in [3.63, 3.8) is 0 Å². The van der Waals surface area contributed by atoms with E-state index in [0.29, 0.717) is 5.17 Å². The normalized spacial score (nSPS) is 20.9. The zero-order valence-corrected chi connectivity index (χ0v) is 12.7. The number of alkyl halides is 3. The Bertz CT molecular complexity index is 580. The molecular weight excluding hydrogens is 321 g/mol. The summed E-state index contributed by atoms with van der Waals surface area (Å²) in [5.74, 6) is 0.895. The van der Waals surface area contributed by atoms with Gasteiger partial charge >= 0.3 is 6.18 Å². The quantitative estimate of drug-likeness (QED) is 0.764.